The number of urea groups is 1. The highest BCUT2D eigenvalue weighted by Crippen LogP contribution is 1.85. The number of aliphatic carboxylic acids is 1. The first-order chi connectivity index (χ1) is 7.11. The third kappa shape index (κ3) is 6.35. The summed E-state index contributed by atoms with van der Waals surface area (Å²) in [6, 6.07) is -1.91. The van der Waals surface area contributed by atoms with Crippen molar-refractivity contribution in [2.45, 2.75) is 18.9 Å². The fourth-order valence-electron chi connectivity index (χ4n) is 0.787. The number of aliphatic hydroxyl groups excluding tert-OH is 1. The minimum absolute atomic E-state index is 0.369. The molecule has 1 atom stereocenters. The molecule has 0 aromatic carbocycles. The molecule has 0 unspecified atom stereocenters. The Kier molecular flexibility index (Phi) is 6.76. The monoisotopic (exact) mass is 214 g/mol. The van der Waals surface area contributed by atoms with E-state index in [1.165, 1.54) is 0 Å². The molecule has 0 spiro atoms. The number of nitrogens with one attached hydrogen (secondary N) is 2. The lowest BCUT2D eigenvalue weighted by molar-refractivity contribution is -0.140. The SMILES string of the molecule is C#CCCCNC(=O)N[C@H](CO)C(=O)O. The van der Waals surface area contributed by atoms with Crippen LogP contribution in [0.25, 0.3) is 0 Å². The summed E-state index contributed by atoms with van der Waals surface area (Å²) in [6.45, 7) is -0.277. The van der Waals surface area contributed by atoms with E-state index in [9.17, 15) is 9.59 Å². The zero-order valence-electron chi connectivity index (χ0n) is 8.19. The molecule has 0 rings (SSSR count). The van der Waals surface area contributed by atoms with E-state index in [1.54, 1.807) is 0 Å². The van der Waals surface area contributed by atoms with Gasteiger partial charge in [0.25, 0.3) is 0 Å². The van der Waals surface area contributed by atoms with Crippen molar-refractivity contribution in [1.82, 2.24) is 10.6 Å². The van der Waals surface area contributed by atoms with Gasteiger partial charge in [0, 0.05) is 13.0 Å². The maximum atomic E-state index is 11.0. The molecule has 84 valence electrons. The molecule has 0 fully saturated rings. The number of amides is 2. The van der Waals surface area contributed by atoms with E-state index >= 15 is 0 Å². The molecule has 0 bridgehead atoms. The van der Waals surface area contributed by atoms with Crippen molar-refractivity contribution in [2.24, 2.45) is 0 Å². The third-order valence-electron chi connectivity index (χ3n) is 1.57. The second-order valence-electron chi connectivity index (χ2n) is 2.78. The van der Waals surface area contributed by atoms with Gasteiger partial charge in [-0.25, -0.2) is 9.59 Å². The Bertz CT molecular complexity index is 259. The molecule has 0 aromatic rings. The van der Waals surface area contributed by atoms with E-state index in [4.69, 9.17) is 16.6 Å². The highest BCUT2D eigenvalue weighted by atomic mass is 16.4. The molecule has 0 saturated heterocycles. The second kappa shape index (κ2) is 7.64. The van der Waals surface area contributed by atoms with E-state index in [2.05, 4.69) is 16.6 Å². The molecule has 0 radical (unpaired) electrons. The summed E-state index contributed by atoms with van der Waals surface area (Å²) >= 11 is 0. The Hall–Kier alpha value is -1.74. The molecule has 4 N–H and O–H groups in total. The third-order valence-corrected chi connectivity index (χ3v) is 1.57. The maximum Gasteiger partial charge on any atom is 0.328 e. The summed E-state index contributed by atoms with van der Waals surface area (Å²) in [5.74, 6) is 1.12. The van der Waals surface area contributed by atoms with Gasteiger partial charge < -0.3 is 20.8 Å². The standard InChI is InChI=1S/C9H14N2O4/c1-2-3-4-5-10-9(15)11-7(6-12)8(13)14/h1,7,12H,3-6H2,(H,13,14)(H2,10,11,15)/t7-/m1/s1. The topological polar surface area (TPSA) is 98.7 Å². The van der Waals surface area contributed by atoms with Gasteiger partial charge in [0.05, 0.1) is 6.61 Å². The van der Waals surface area contributed by atoms with Crippen LogP contribution in [-0.2, 0) is 4.79 Å². The maximum absolute atomic E-state index is 11.0. The number of carboxylic acids is 1. The van der Waals surface area contributed by atoms with Crippen LogP contribution < -0.4 is 10.6 Å². The number of carbonyl (C=O) groups is 2. The first kappa shape index (κ1) is 13.3. The smallest absolute Gasteiger partial charge is 0.328 e. The Morgan fingerprint density at radius 1 is 1.47 bits per heavy atom. The van der Waals surface area contributed by atoms with Crippen molar-refractivity contribution in [3.63, 3.8) is 0 Å². The zero-order valence-corrected chi connectivity index (χ0v) is 8.19. The van der Waals surface area contributed by atoms with Gasteiger partial charge in [-0.2, -0.15) is 0 Å². The Labute approximate surface area is 87.7 Å². The average Bonchev–Trinajstić information content (AvgIpc) is 2.20. The van der Waals surface area contributed by atoms with Crippen LogP contribution in [-0.4, -0.2) is 41.4 Å². The first-order valence-corrected chi connectivity index (χ1v) is 4.43. The molecule has 0 aliphatic rings. The summed E-state index contributed by atoms with van der Waals surface area (Å²) < 4.78 is 0. The number of carboxylic acid groups (broad SMARTS) is 1. The number of unbranched alkanes of at least 4 members (excludes halogenated alkanes) is 1. The molecule has 0 aromatic heterocycles. The summed E-state index contributed by atoms with van der Waals surface area (Å²) in [5.41, 5.74) is 0. The summed E-state index contributed by atoms with van der Waals surface area (Å²) in [6.07, 6.45) is 6.17. The molecule has 6 heteroatoms. The molecule has 0 aliphatic carbocycles. The second-order valence-corrected chi connectivity index (χ2v) is 2.78. The van der Waals surface area contributed by atoms with Crippen LogP contribution in [0, 0.1) is 12.3 Å². The van der Waals surface area contributed by atoms with Crippen LogP contribution in [0.1, 0.15) is 12.8 Å². The predicted octanol–water partition coefficient (Wildman–Crippen LogP) is -0.856. The highest BCUT2D eigenvalue weighted by molar-refractivity contribution is 5.82. The lowest BCUT2D eigenvalue weighted by Crippen LogP contribution is -2.48. The fraction of sp³-hybridized carbons (Fsp3) is 0.556. The number of carbonyl (C=O) groups excluding carboxylic acids is 1. The number of aliphatic hydroxyl groups is 1. The van der Waals surface area contributed by atoms with Gasteiger partial charge in [-0.15, -0.1) is 12.3 Å². The molecule has 0 heterocycles. The highest BCUT2D eigenvalue weighted by Gasteiger charge is 2.17. The van der Waals surface area contributed by atoms with Crippen LogP contribution in [0.2, 0.25) is 0 Å². The van der Waals surface area contributed by atoms with Crippen LogP contribution >= 0.6 is 0 Å². The molecule has 6 nitrogen and oxygen atoms in total. The van der Waals surface area contributed by atoms with E-state index < -0.39 is 24.6 Å². The van der Waals surface area contributed by atoms with E-state index in [0.717, 1.165) is 0 Å². The molecular formula is C9H14N2O4. The van der Waals surface area contributed by atoms with Crippen LogP contribution in [0.5, 0.6) is 0 Å². The zero-order chi connectivity index (χ0) is 11.7. The van der Waals surface area contributed by atoms with Crippen molar-refractivity contribution in [1.29, 1.82) is 0 Å². The van der Waals surface area contributed by atoms with Crippen molar-refractivity contribution in [2.75, 3.05) is 13.2 Å². The first-order valence-electron chi connectivity index (χ1n) is 4.43. The number of terminal acetylenes is 1. The van der Waals surface area contributed by atoms with Crippen LogP contribution in [0.4, 0.5) is 4.79 Å². The number of hydrogen-bond acceptors (Lipinski definition) is 3. The van der Waals surface area contributed by atoms with Crippen LogP contribution in [0.3, 0.4) is 0 Å². The van der Waals surface area contributed by atoms with E-state index in [1.807, 2.05) is 0 Å². The van der Waals surface area contributed by atoms with Crippen molar-refractivity contribution in [3.8, 4) is 12.3 Å². The predicted molar refractivity (Wildman–Crippen MR) is 53.1 cm³/mol. The van der Waals surface area contributed by atoms with Gasteiger partial charge in [0.2, 0.25) is 0 Å². The Morgan fingerprint density at radius 2 is 2.13 bits per heavy atom. The largest absolute Gasteiger partial charge is 0.480 e. The number of hydrogen-bond donors (Lipinski definition) is 4. The lowest BCUT2D eigenvalue weighted by Gasteiger charge is -2.12. The molecule has 0 saturated carbocycles. The van der Waals surface area contributed by atoms with Crippen molar-refractivity contribution < 1.29 is 19.8 Å². The van der Waals surface area contributed by atoms with E-state index in [-0.39, 0.29) is 0 Å². The minimum atomic E-state index is -1.28. The summed E-state index contributed by atoms with van der Waals surface area (Å²) in [4.78, 5) is 21.4. The van der Waals surface area contributed by atoms with Gasteiger partial charge in [0.15, 0.2) is 6.04 Å². The van der Waals surface area contributed by atoms with E-state index in [0.29, 0.717) is 19.4 Å². The van der Waals surface area contributed by atoms with Gasteiger partial charge >= 0.3 is 12.0 Å². The molecule has 15 heavy (non-hydrogen) atoms. The quantitative estimate of drug-likeness (QED) is 0.341. The van der Waals surface area contributed by atoms with Crippen molar-refractivity contribution in [3.05, 3.63) is 0 Å². The van der Waals surface area contributed by atoms with Crippen molar-refractivity contribution >= 4 is 12.0 Å². The fourth-order valence-corrected chi connectivity index (χ4v) is 0.787. The van der Waals surface area contributed by atoms with Gasteiger partial charge in [-0.05, 0) is 6.42 Å². The van der Waals surface area contributed by atoms with Gasteiger partial charge in [-0.3, -0.25) is 0 Å². The summed E-state index contributed by atoms with van der Waals surface area (Å²) in [5, 5.41) is 21.6. The number of rotatable bonds is 6. The normalized spacial score (nSPS) is 11.2. The molecular weight excluding hydrogens is 200 g/mol. The lowest BCUT2D eigenvalue weighted by atomic mass is 10.3. The molecule has 0 aliphatic heterocycles. The molecule has 2 amide bonds. The van der Waals surface area contributed by atoms with Gasteiger partial charge in [0.1, 0.15) is 0 Å². The minimum Gasteiger partial charge on any atom is -0.480 e. The van der Waals surface area contributed by atoms with Gasteiger partial charge in [-0.1, -0.05) is 0 Å². The Morgan fingerprint density at radius 3 is 2.60 bits per heavy atom. The summed E-state index contributed by atoms with van der Waals surface area (Å²) in [7, 11) is 0. The Balaban J connectivity index is 3.73. The van der Waals surface area contributed by atoms with Crippen LogP contribution in [0.15, 0.2) is 0 Å². The average molecular weight is 214 g/mol.